The third kappa shape index (κ3) is 4.90. The van der Waals surface area contributed by atoms with Gasteiger partial charge in [-0.2, -0.15) is 0 Å². The summed E-state index contributed by atoms with van der Waals surface area (Å²) in [4.78, 5) is 12.5. The van der Waals surface area contributed by atoms with Gasteiger partial charge in [0.05, 0.1) is 13.2 Å². The molecule has 4 nitrogen and oxygen atoms in total. The number of amides is 1. The summed E-state index contributed by atoms with van der Waals surface area (Å²) in [7, 11) is 0. The molecule has 1 atom stereocenters. The van der Waals surface area contributed by atoms with E-state index < -0.39 is 6.09 Å². The number of rotatable bonds is 5. The number of carboxylic acid groups (broad SMARTS) is 1. The summed E-state index contributed by atoms with van der Waals surface area (Å²) >= 11 is 0. The van der Waals surface area contributed by atoms with Crippen LogP contribution >= 0.6 is 0 Å². The van der Waals surface area contributed by atoms with Crippen LogP contribution in [0.15, 0.2) is 42.0 Å². The van der Waals surface area contributed by atoms with Crippen molar-refractivity contribution in [2.24, 2.45) is 0 Å². The van der Waals surface area contributed by atoms with E-state index in [1.165, 1.54) is 16.0 Å². The number of ether oxygens (including phenoxy) is 1. The molecular formula is C17H23NO3. The van der Waals surface area contributed by atoms with Gasteiger partial charge in [0, 0.05) is 12.6 Å². The minimum absolute atomic E-state index is 0.0766. The number of nitrogens with zero attached hydrogens (tertiary/aromatic N) is 1. The smallest absolute Gasteiger partial charge is 0.407 e. The van der Waals surface area contributed by atoms with E-state index in [-0.39, 0.29) is 6.04 Å². The lowest BCUT2D eigenvalue weighted by Gasteiger charge is -2.32. The average molecular weight is 289 g/mol. The summed E-state index contributed by atoms with van der Waals surface area (Å²) in [5.74, 6) is 0. The van der Waals surface area contributed by atoms with Gasteiger partial charge in [-0.05, 0) is 31.7 Å². The molecule has 1 N–H and O–H groups in total. The van der Waals surface area contributed by atoms with Crippen molar-refractivity contribution in [1.29, 1.82) is 0 Å². The van der Waals surface area contributed by atoms with E-state index in [1.54, 1.807) is 0 Å². The maximum absolute atomic E-state index is 11.0. The Labute approximate surface area is 126 Å². The summed E-state index contributed by atoms with van der Waals surface area (Å²) in [5.41, 5.74) is 2.54. The molecule has 1 saturated heterocycles. The Kier molecular flexibility index (Phi) is 5.81. The third-order valence-corrected chi connectivity index (χ3v) is 3.82. The Morgan fingerprint density at radius 2 is 2.19 bits per heavy atom. The van der Waals surface area contributed by atoms with E-state index in [2.05, 4.69) is 18.2 Å². The monoisotopic (exact) mass is 289 g/mol. The second-order valence-corrected chi connectivity index (χ2v) is 5.47. The van der Waals surface area contributed by atoms with Gasteiger partial charge in [0.1, 0.15) is 0 Å². The number of hydrogen-bond donors (Lipinski definition) is 1. The molecule has 1 amide bonds. The molecule has 1 fully saturated rings. The number of benzene rings is 1. The Morgan fingerprint density at radius 1 is 1.43 bits per heavy atom. The van der Waals surface area contributed by atoms with E-state index in [0.717, 1.165) is 19.3 Å². The van der Waals surface area contributed by atoms with Crippen molar-refractivity contribution >= 4 is 6.09 Å². The van der Waals surface area contributed by atoms with Crippen LogP contribution in [0, 0.1) is 0 Å². The molecule has 114 valence electrons. The van der Waals surface area contributed by atoms with Crippen LogP contribution in [-0.4, -0.2) is 35.3 Å². The van der Waals surface area contributed by atoms with Gasteiger partial charge in [-0.25, -0.2) is 4.79 Å². The summed E-state index contributed by atoms with van der Waals surface area (Å²) in [6.07, 6.45) is 3.97. The fourth-order valence-electron chi connectivity index (χ4n) is 2.66. The second kappa shape index (κ2) is 7.84. The standard InChI is InChI=1S/C17H23NO3/c1-14-12-15(9-10-18(14)17(19)20)8-5-11-21-13-16-6-3-2-4-7-16/h2-4,6-8,14H,5,9-13H2,1H3,(H,19,20)/b15-8+. The molecule has 0 bridgehead atoms. The molecule has 4 heteroatoms. The number of likely N-dealkylation sites (tertiary alicyclic amines) is 1. The molecule has 0 spiro atoms. The highest BCUT2D eigenvalue weighted by Crippen LogP contribution is 2.22. The van der Waals surface area contributed by atoms with Gasteiger partial charge in [-0.15, -0.1) is 0 Å². The van der Waals surface area contributed by atoms with Crippen LogP contribution in [0.25, 0.3) is 0 Å². The highest BCUT2D eigenvalue weighted by molar-refractivity contribution is 5.65. The maximum Gasteiger partial charge on any atom is 0.407 e. The molecule has 1 aromatic rings. The van der Waals surface area contributed by atoms with E-state index >= 15 is 0 Å². The number of hydrogen-bond acceptors (Lipinski definition) is 2. The lowest BCUT2D eigenvalue weighted by molar-refractivity contribution is 0.119. The molecule has 1 unspecified atom stereocenters. The first-order valence-electron chi connectivity index (χ1n) is 7.46. The second-order valence-electron chi connectivity index (χ2n) is 5.47. The first-order valence-corrected chi connectivity index (χ1v) is 7.46. The summed E-state index contributed by atoms with van der Waals surface area (Å²) in [5, 5.41) is 9.04. The molecular weight excluding hydrogens is 266 g/mol. The van der Waals surface area contributed by atoms with Crippen molar-refractivity contribution in [3.63, 3.8) is 0 Å². The summed E-state index contributed by atoms with van der Waals surface area (Å²) < 4.78 is 5.65. The van der Waals surface area contributed by atoms with Crippen molar-refractivity contribution in [1.82, 2.24) is 4.90 Å². The van der Waals surface area contributed by atoms with Crippen molar-refractivity contribution in [3.8, 4) is 0 Å². The van der Waals surface area contributed by atoms with Crippen LogP contribution < -0.4 is 0 Å². The van der Waals surface area contributed by atoms with Gasteiger partial charge in [-0.3, -0.25) is 0 Å². The average Bonchev–Trinajstić information content (AvgIpc) is 2.47. The number of carbonyl (C=O) groups is 1. The summed E-state index contributed by atoms with van der Waals surface area (Å²) in [6, 6.07) is 10.2. The molecule has 1 heterocycles. The van der Waals surface area contributed by atoms with Gasteiger partial charge >= 0.3 is 6.09 Å². The normalized spacial score (nSPS) is 20.7. The van der Waals surface area contributed by atoms with Crippen molar-refractivity contribution < 1.29 is 14.6 Å². The molecule has 2 rings (SSSR count). The van der Waals surface area contributed by atoms with E-state index in [4.69, 9.17) is 9.84 Å². The fourth-order valence-corrected chi connectivity index (χ4v) is 2.66. The zero-order chi connectivity index (χ0) is 15.1. The molecule has 0 saturated carbocycles. The van der Waals surface area contributed by atoms with Crippen molar-refractivity contribution in [3.05, 3.63) is 47.5 Å². The van der Waals surface area contributed by atoms with Gasteiger partial charge in [0.2, 0.25) is 0 Å². The predicted octanol–water partition coefficient (Wildman–Crippen LogP) is 3.68. The Morgan fingerprint density at radius 3 is 2.86 bits per heavy atom. The van der Waals surface area contributed by atoms with Crippen LogP contribution in [0.5, 0.6) is 0 Å². The Hall–Kier alpha value is -1.81. The van der Waals surface area contributed by atoms with Crippen LogP contribution in [0.3, 0.4) is 0 Å². The lowest BCUT2D eigenvalue weighted by atomic mass is 9.97. The largest absolute Gasteiger partial charge is 0.465 e. The van der Waals surface area contributed by atoms with Crippen molar-refractivity contribution in [2.45, 2.75) is 38.8 Å². The highest BCUT2D eigenvalue weighted by atomic mass is 16.5. The minimum Gasteiger partial charge on any atom is -0.465 e. The van der Waals surface area contributed by atoms with E-state index in [9.17, 15) is 4.79 Å². The number of piperidine rings is 1. The third-order valence-electron chi connectivity index (χ3n) is 3.82. The molecule has 1 aliphatic rings. The molecule has 0 aliphatic carbocycles. The SMILES string of the molecule is CC1C/C(=C/CCOCc2ccccc2)CCN1C(=O)O. The zero-order valence-electron chi connectivity index (χ0n) is 12.5. The van der Waals surface area contributed by atoms with Gasteiger partial charge in [-0.1, -0.05) is 42.0 Å². The Bertz CT molecular complexity index is 484. The first-order chi connectivity index (χ1) is 10.2. The van der Waals surface area contributed by atoms with Gasteiger partial charge < -0.3 is 14.7 Å². The van der Waals surface area contributed by atoms with Crippen molar-refractivity contribution in [2.75, 3.05) is 13.2 Å². The topological polar surface area (TPSA) is 49.8 Å². The van der Waals surface area contributed by atoms with E-state index in [1.807, 2.05) is 25.1 Å². The minimum atomic E-state index is -0.812. The lowest BCUT2D eigenvalue weighted by Crippen LogP contribution is -2.41. The molecule has 1 aliphatic heterocycles. The molecule has 1 aromatic carbocycles. The highest BCUT2D eigenvalue weighted by Gasteiger charge is 2.24. The van der Waals surface area contributed by atoms with Crippen LogP contribution in [0.2, 0.25) is 0 Å². The molecule has 0 aromatic heterocycles. The van der Waals surface area contributed by atoms with Crippen LogP contribution in [0.4, 0.5) is 4.79 Å². The summed E-state index contributed by atoms with van der Waals surface area (Å²) in [6.45, 7) is 3.92. The van der Waals surface area contributed by atoms with Gasteiger partial charge in [0.15, 0.2) is 0 Å². The zero-order valence-corrected chi connectivity index (χ0v) is 12.5. The predicted molar refractivity (Wildman–Crippen MR) is 82.2 cm³/mol. The maximum atomic E-state index is 11.0. The first kappa shape index (κ1) is 15.6. The van der Waals surface area contributed by atoms with Gasteiger partial charge in [0.25, 0.3) is 0 Å². The van der Waals surface area contributed by atoms with E-state index in [0.29, 0.717) is 19.8 Å². The molecule has 0 radical (unpaired) electrons. The van der Waals surface area contributed by atoms with Crippen LogP contribution in [-0.2, 0) is 11.3 Å². The Balaban J connectivity index is 1.67. The van der Waals surface area contributed by atoms with Crippen LogP contribution in [0.1, 0.15) is 31.7 Å². The quantitative estimate of drug-likeness (QED) is 0.664. The fraction of sp³-hybridized carbons (Fsp3) is 0.471. The molecule has 21 heavy (non-hydrogen) atoms.